The van der Waals surface area contributed by atoms with Gasteiger partial charge in [-0.25, -0.2) is 4.99 Å². The van der Waals surface area contributed by atoms with Gasteiger partial charge in [-0.3, -0.25) is 4.79 Å². The zero-order valence-electron chi connectivity index (χ0n) is 7.81. The van der Waals surface area contributed by atoms with Gasteiger partial charge in [0.15, 0.2) is 5.82 Å². The number of nitrogens with zero attached hydrogens (tertiary/aromatic N) is 3. The molecule has 1 atom stereocenters. The maximum atomic E-state index is 11.9. The van der Waals surface area contributed by atoms with Crippen molar-refractivity contribution in [1.29, 1.82) is 0 Å². The van der Waals surface area contributed by atoms with Crippen LogP contribution in [0.2, 0.25) is 0 Å². The van der Waals surface area contributed by atoms with E-state index in [0.717, 1.165) is 31.4 Å². The van der Waals surface area contributed by atoms with Gasteiger partial charge < -0.3 is 0 Å². The molecule has 0 saturated heterocycles. The van der Waals surface area contributed by atoms with Crippen LogP contribution in [0.5, 0.6) is 0 Å². The van der Waals surface area contributed by atoms with E-state index in [2.05, 4.69) is 10.1 Å². The Bertz CT molecular complexity index is 419. The molecular formula is C10H11N3O. The van der Waals surface area contributed by atoms with E-state index in [1.807, 2.05) is 0 Å². The molecule has 1 aromatic rings. The van der Waals surface area contributed by atoms with Gasteiger partial charge in [0.1, 0.15) is 0 Å². The molecule has 1 aromatic heterocycles. The standard InChI is InChI=1S/C10H11N3O/c14-10-7-3-1-2-4-8(7)12-9-5-6-11-13(9)10/h5-7H,1-4H2. The predicted molar refractivity (Wildman–Crippen MR) is 51.9 cm³/mol. The van der Waals surface area contributed by atoms with Crippen molar-refractivity contribution in [3.05, 3.63) is 12.3 Å². The largest absolute Gasteiger partial charge is 0.272 e. The number of fused-ring (bicyclic) bond motifs is 2. The van der Waals surface area contributed by atoms with Crippen molar-refractivity contribution in [1.82, 2.24) is 9.78 Å². The third-order valence-electron chi connectivity index (χ3n) is 2.97. The van der Waals surface area contributed by atoms with Crippen LogP contribution in [0.15, 0.2) is 17.3 Å². The van der Waals surface area contributed by atoms with Gasteiger partial charge in [-0.2, -0.15) is 9.78 Å². The highest BCUT2D eigenvalue weighted by atomic mass is 16.2. The van der Waals surface area contributed by atoms with Crippen LogP contribution in [-0.4, -0.2) is 21.4 Å². The molecular weight excluding hydrogens is 178 g/mol. The van der Waals surface area contributed by atoms with Crippen molar-refractivity contribution in [3.8, 4) is 0 Å². The summed E-state index contributed by atoms with van der Waals surface area (Å²) in [7, 11) is 0. The molecule has 4 nitrogen and oxygen atoms in total. The Kier molecular flexibility index (Phi) is 1.56. The second-order valence-corrected chi connectivity index (χ2v) is 3.84. The SMILES string of the molecule is O=C1C2CCCCC2=Nc2ccnn21. The fourth-order valence-electron chi connectivity index (χ4n) is 2.24. The topological polar surface area (TPSA) is 47.2 Å². The fourth-order valence-corrected chi connectivity index (χ4v) is 2.24. The highest BCUT2D eigenvalue weighted by Gasteiger charge is 2.33. The van der Waals surface area contributed by atoms with Gasteiger partial charge >= 0.3 is 0 Å². The highest BCUT2D eigenvalue weighted by molar-refractivity contribution is 6.09. The molecule has 3 rings (SSSR count). The molecule has 1 aliphatic heterocycles. The molecule has 0 aromatic carbocycles. The summed E-state index contributed by atoms with van der Waals surface area (Å²) in [6.07, 6.45) is 5.84. The molecule has 2 heterocycles. The zero-order valence-corrected chi connectivity index (χ0v) is 7.81. The first-order valence-corrected chi connectivity index (χ1v) is 5.02. The molecule has 1 fully saturated rings. The van der Waals surface area contributed by atoms with Crippen molar-refractivity contribution in [2.45, 2.75) is 25.7 Å². The van der Waals surface area contributed by atoms with E-state index in [9.17, 15) is 4.79 Å². The maximum Gasteiger partial charge on any atom is 0.257 e. The molecule has 0 spiro atoms. The van der Waals surface area contributed by atoms with Crippen molar-refractivity contribution in [3.63, 3.8) is 0 Å². The molecule has 0 amide bonds. The lowest BCUT2D eigenvalue weighted by Crippen LogP contribution is -2.34. The van der Waals surface area contributed by atoms with E-state index in [4.69, 9.17) is 0 Å². The highest BCUT2D eigenvalue weighted by Crippen LogP contribution is 2.30. The quantitative estimate of drug-likeness (QED) is 0.624. The number of hydrogen-bond donors (Lipinski definition) is 0. The summed E-state index contributed by atoms with van der Waals surface area (Å²) in [4.78, 5) is 16.4. The Hall–Kier alpha value is -1.45. The summed E-state index contributed by atoms with van der Waals surface area (Å²) >= 11 is 0. The molecule has 2 aliphatic rings. The summed E-state index contributed by atoms with van der Waals surface area (Å²) in [5, 5.41) is 3.99. The van der Waals surface area contributed by atoms with E-state index in [0.29, 0.717) is 5.82 Å². The van der Waals surface area contributed by atoms with E-state index in [1.54, 1.807) is 12.3 Å². The normalized spacial score (nSPS) is 25.3. The third-order valence-corrected chi connectivity index (χ3v) is 2.97. The summed E-state index contributed by atoms with van der Waals surface area (Å²) in [5.74, 6) is 0.814. The number of rotatable bonds is 0. The lowest BCUT2D eigenvalue weighted by molar-refractivity contribution is 0.0841. The van der Waals surface area contributed by atoms with Crippen LogP contribution >= 0.6 is 0 Å². The monoisotopic (exact) mass is 189 g/mol. The first kappa shape index (κ1) is 7.91. The summed E-state index contributed by atoms with van der Waals surface area (Å²) in [6.45, 7) is 0. The molecule has 72 valence electrons. The molecule has 4 heteroatoms. The van der Waals surface area contributed by atoms with Crippen molar-refractivity contribution >= 4 is 17.4 Å². The average molecular weight is 189 g/mol. The molecule has 1 unspecified atom stereocenters. The first-order chi connectivity index (χ1) is 6.86. The molecule has 1 saturated carbocycles. The summed E-state index contributed by atoms with van der Waals surface area (Å²) < 4.78 is 1.43. The Morgan fingerprint density at radius 1 is 1.43 bits per heavy atom. The van der Waals surface area contributed by atoms with Gasteiger partial charge in [-0.1, -0.05) is 6.42 Å². The maximum absolute atomic E-state index is 11.9. The molecule has 14 heavy (non-hydrogen) atoms. The average Bonchev–Trinajstić information content (AvgIpc) is 2.66. The Labute approximate surface area is 81.6 Å². The second-order valence-electron chi connectivity index (χ2n) is 3.84. The Morgan fingerprint density at radius 2 is 2.36 bits per heavy atom. The van der Waals surface area contributed by atoms with E-state index < -0.39 is 0 Å². The minimum absolute atomic E-state index is 0.0103. The van der Waals surface area contributed by atoms with Crippen molar-refractivity contribution < 1.29 is 4.79 Å². The number of hydrogen-bond acceptors (Lipinski definition) is 3. The van der Waals surface area contributed by atoms with Crippen LogP contribution in [0.25, 0.3) is 0 Å². The van der Waals surface area contributed by atoms with Crippen LogP contribution in [0.4, 0.5) is 5.82 Å². The Morgan fingerprint density at radius 3 is 3.29 bits per heavy atom. The summed E-state index contributed by atoms with van der Waals surface area (Å²) in [5.41, 5.74) is 1.06. The fraction of sp³-hybridized carbons (Fsp3) is 0.500. The summed E-state index contributed by atoms with van der Waals surface area (Å²) in [6, 6.07) is 1.79. The van der Waals surface area contributed by atoms with Crippen LogP contribution in [0.3, 0.4) is 0 Å². The molecule has 0 N–H and O–H groups in total. The van der Waals surface area contributed by atoms with Gasteiger partial charge in [-0.15, -0.1) is 0 Å². The molecule has 0 bridgehead atoms. The van der Waals surface area contributed by atoms with E-state index in [1.165, 1.54) is 4.68 Å². The van der Waals surface area contributed by atoms with Gasteiger partial charge in [0.05, 0.1) is 12.1 Å². The van der Waals surface area contributed by atoms with E-state index >= 15 is 0 Å². The minimum Gasteiger partial charge on any atom is -0.272 e. The van der Waals surface area contributed by atoms with Crippen LogP contribution < -0.4 is 0 Å². The molecule has 0 radical (unpaired) electrons. The number of aromatic nitrogens is 2. The van der Waals surface area contributed by atoms with Crippen LogP contribution in [0, 0.1) is 5.92 Å². The zero-order chi connectivity index (χ0) is 9.54. The van der Waals surface area contributed by atoms with Gasteiger partial charge in [0.25, 0.3) is 5.91 Å². The lowest BCUT2D eigenvalue weighted by atomic mass is 9.86. The van der Waals surface area contributed by atoms with Crippen LogP contribution in [0.1, 0.15) is 30.5 Å². The number of carbonyl (C=O) groups is 1. The third kappa shape index (κ3) is 0.967. The van der Waals surface area contributed by atoms with E-state index in [-0.39, 0.29) is 11.8 Å². The van der Waals surface area contributed by atoms with Gasteiger partial charge in [0.2, 0.25) is 0 Å². The number of aliphatic imine (C=N–C) groups is 1. The Balaban J connectivity index is 2.12. The molecule has 1 aliphatic carbocycles. The second kappa shape index (κ2) is 2.77. The first-order valence-electron chi connectivity index (χ1n) is 5.02. The minimum atomic E-state index is 0.0103. The van der Waals surface area contributed by atoms with Crippen LogP contribution in [-0.2, 0) is 0 Å². The smallest absolute Gasteiger partial charge is 0.257 e. The van der Waals surface area contributed by atoms with Crippen molar-refractivity contribution in [2.75, 3.05) is 0 Å². The number of carbonyl (C=O) groups excluding carboxylic acids is 1. The van der Waals surface area contributed by atoms with Gasteiger partial charge in [-0.05, 0) is 19.3 Å². The van der Waals surface area contributed by atoms with Gasteiger partial charge in [0, 0.05) is 11.8 Å². The van der Waals surface area contributed by atoms with Crippen molar-refractivity contribution in [2.24, 2.45) is 10.9 Å². The predicted octanol–water partition coefficient (Wildman–Crippen LogP) is 1.80. The lowest BCUT2D eigenvalue weighted by Gasteiger charge is -2.26.